The molecular formula is C14H12N2O3. The normalized spacial score (nSPS) is 14.9. The molecule has 0 N–H and O–H groups in total. The molecule has 1 amide bonds. The van der Waals surface area contributed by atoms with Crippen LogP contribution in [0.1, 0.15) is 12.8 Å². The van der Waals surface area contributed by atoms with Crippen LogP contribution in [0.15, 0.2) is 45.9 Å². The van der Waals surface area contributed by atoms with Crippen LogP contribution in [0.3, 0.4) is 0 Å². The Morgan fingerprint density at radius 1 is 1.21 bits per heavy atom. The zero-order chi connectivity index (χ0) is 13.2. The second-order valence-electron chi connectivity index (χ2n) is 4.36. The Morgan fingerprint density at radius 2 is 2.11 bits per heavy atom. The molecule has 0 bridgehead atoms. The number of nitrogens with zero attached hydrogens (tertiary/aromatic N) is 2. The maximum atomic E-state index is 12.0. The first-order chi connectivity index (χ1) is 9.25. The standard InChI is InChI=1S/C14H12N2O3/c17-13-4-2-8-16(13)11-5-6-12(19-14(11)18)10-3-1-7-15-9-10/h1,3,5-7,9H,2,4,8H2. The zero-order valence-corrected chi connectivity index (χ0v) is 10.2. The fourth-order valence-electron chi connectivity index (χ4n) is 2.18. The molecule has 3 rings (SSSR count). The minimum absolute atomic E-state index is 0.0265. The molecule has 19 heavy (non-hydrogen) atoms. The molecule has 1 fully saturated rings. The van der Waals surface area contributed by atoms with E-state index in [4.69, 9.17) is 4.42 Å². The second kappa shape index (κ2) is 4.68. The lowest BCUT2D eigenvalue weighted by Gasteiger charge is -2.13. The van der Waals surface area contributed by atoms with Gasteiger partial charge >= 0.3 is 5.63 Å². The molecule has 0 atom stereocenters. The molecule has 0 saturated carbocycles. The van der Waals surface area contributed by atoms with E-state index in [1.165, 1.54) is 4.90 Å². The van der Waals surface area contributed by atoms with Gasteiger partial charge in [0.05, 0.1) is 0 Å². The van der Waals surface area contributed by atoms with Crippen LogP contribution in [-0.4, -0.2) is 17.4 Å². The maximum absolute atomic E-state index is 12.0. The third-order valence-electron chi connectivity index (χ3n) is 3.11. The van der Waals surface area contributed by atoms with Crippen molar-refractivity contribution in [1.82, 2.24) is 4.98 Å². The lowest BCUT2D eigenvalue weighted by Crippen LogP contribution is -2.28. The molecule has 5 heteroatoms. The van der Waals surface area contributed by atoms with E-state index in [1.54, 1.807) is 30.6 Å². The summed E-state index contributed by atoms with van der Waals surface area (Å²) in [7, 11) is 0. The molecule has 1 aliphatic rings. The Balaban J connectivity index is 1.99. The third-order valence-corrected chi connectivity index (χ3v) is 3.11. The summed E-state index contributed by atoms with van der Waals surface area (Å²) in [5.74, 6) is 0.426. The summed E-state index contributed by atoms with van der Waals surface area (Å²) in [5, 5.41) is 0. The van der Waals surface area contributed by atoms with Gasteiger partial charge in [0.2, 0.25) is 5.91 Å². The van der Waals surface area contributed by atoms with Crippen molar-refractivity contribution in [1.29, 1.82) is 0 Å². The van der Waals surface area contributed by atoms with Crippen molar-refractivity contribution in [2.75, 3.05) is 11.4 Å². The number of hydrogen-bond acceptors (Lipinski definition) is 4. The van der Waals surface area contributed by atoms with Gasteiger partial charge in [0, 0.05) is 30.9 Å². The van der Waals surface area contributed by atoms with Crippen molar-refractivity contribution in [3.05, 3.63) is 47.1 Å². The smallest absolute Gasteiger partial charge is 0.360 e. The lowest BCUT2D eigenvalue weighted by atomic mass is 10.2. The highest BCUT2D eigenvalue weighted by Gasteiger charge is 2.24. The summed E-state index contributed by atoms with van der Waals surface area (Å²) >= 11 is 0. The first kappa shape index (κ1) is 11.6. The Kier molecular flexibility index (Phi) is 2.87. The summed E-state index contributed by atoms with van der Waals surface area (Å²) in [4.78, 5) is 29.0. The number of carbonyl (C=O) groups excluding carboxylic acids is 1. The van der Waals surface area contributed by atoms with E-state index in [9.17, 15) is 9.59 Å². The minimum Gasteiger partial charge on any atom is -0.421 e. The van der Waals surface area contributed by atoms with Gasteiger partial charge in [0.25, 0.3) is 0 Å². The monoisotopic (exact) mass is 256 g/mol. The Morgan fingerprint density at radius 3 is 2.74 bits per heavy atom. The fraction of sp³-hybridized carbons (Fsp3) is 0.214. The van der Waals surface area contributed by atoms with Crippen LogP contribution in [-0.2, 0) is 4.79 Å². The minimum atomic E-state index is -0.489. The van der Waals surface area contributed by atoms with E-state index in [0.717, 1.165) is 12.0 Å². The van der Waals surface area contributed by atoms with Crippen LogP contribution in [0.25, 0.3) is 11.3 Å². The number of anilines is 1. The van der Waals surface area contributed by atoms with Crippen molar-refractivity contribution in [2.45, 2.75) is 12.8 Å². The van der Waals surface area contributed by atoms with Crippen molar-refractivity contribution in [3.63, 3.8) is 0 Å². The van der Waals surface area contributed by atoms with Gasteiger partial charge in [-0.15, -0.1) is 0 Å². The SMILES string of the molecule is O=C1CCCN1c1ccc(-c2cccnc2)oc1=O. The van der Waals surface area contributed by atoms with E-state index in [2.05, 4.69) is 4.98 Å². The largest absolute Gasteiger partial charge is 0.421 e. The quantitative estimate of drug-likeness (QED) is 0.822. The average molecular weight is 256 g/mol. The van der Waals surface area contributed by atoms with Crippen LogP contribution in [0, 0.1) is 0 Å². The molecule has 0 aromatic carbocycles. The number of amides is 1. The summed E-state index contributed by atoms with van der Waals surface area (Å²) in [6, 6.07) is 6.91. The number of pyridine rings is 1. The molecule has 0 aliphatic carbocycles. The first-order valence-electron chi connectivity index (χ1n) is 6.10. The molecule has 96 valence electrons. The molecule has 2 aromatic rings. The zero-order valence-electron chi connectivity index (χ0n) is 10.2. The topological polar surface area (TPSA) is 63.4 Å². The molecule has 0 unspecified atom stereocenters. The summed E-state index contributed by atoms with van der Waals surface area (Å²) < 4.78 is 5.27. The Labute approximate surface area is 109 Å². The number of carbonyl (C=O) groups is 1. The van der Waals surface area contributed by atoms with E-state index in [-0.39, 0.29) is 5.91 Å². The summed E-state index contributed by atoms with van der Waals surface area (Å²) in [6.07, 6.45) is 4.55. The van der Waals surface area contributed by atoms with Crippen LogP contribution in [0.2, 0.25) is 0 Å². The maximum Gasteiger partial charge on any atom is 0.360 e. The van der Waals surface area contributed by atoms with E-state index < -0.39 is 5.63 Å². The van der Waals surface area contributed by atoms with Gasteiger partial charge in [-0.3, -0.25) is 9.78 Å². The van der Waals surface area contributed by atoms with Gasteiger partial charge in [-0.25, -0.2) is 4.79 Å². The van der Waals surface area contributed by atoms with Crippen molar-refractivity contribution in [2.24, 2.45) is 0 Å². The van der Waals surface area contributed by atoms with Crippen molar-refractivity contribution in [3.8, 4) is 11.3 Å². The number of aromatic nitrogens is 1. The average Bonchev–Trinajstić information content (AvgIpc) is 2.86. The highest BCUT2D eigenvalue weighted by Crippen LogP contribution is 2.21. The molecule has 3 heterocycles. The van der Waals surface area contributed by atoms with Crippen molar-refractivity contribution >= 4 is 11.6 Å². The highest BCUT2D eigenvalue weighted by molar-refractivity contribution is 5.95. The predicted octanol–water partition coefficient (Wildman–Crippen LogP) is 1.83. The summed E-state index contributed by atoms with van der Waals surface area (Å²) in [5.41, 5.74) is 0.561. The van der Waals surface area contributed by atoms with E-state index in [0.29, 0.717) is 24.4 Å². The number of hydrogen-bond donors (Lipinski definition) is 0. The fourth-order valence-corrected chi connectivity index (χ4v) is 2.18. The molecule has 5 nitrogen and oxygen atoms in total. The molecule has 2 aromatic heterocycles. The van der Waals surface area contributed by atoms with E-state index >= 15 is 0 Å². The van der Waals surface area contributed by atoms with E-state index in [1.807, 2.05) is 6.07 Å². The highest BCUT2D eigenvalue weighted by atomic mass is 16.4. The van der Waals surface area contributed by atoms with Crippen LogP contribution in [0.5, 0.6) is 0 Å². The number of rotatable bonds is 2. The van der Waals surface area contributed by atoms with Crippen LogP contribution < -0.4 is 10.5 Å². The Bertz CT molecular complexity index is 664. The van der Waals surface area contributed by atoms with Crippen molar-refractivity contribution < 1.29 is 9.21 Å². The lowest BCUT2D eigenvalue weighted by molar-refractivity contribution is -0.117. The molecule has 1 aliphatic heterocycles. The van der Waals surface area contributed by atoms with Gasteiger partial charge in [0.1, 0.15) is 11.4 Å². The van der Waals surface area contributed by atoms with Crippen LogP contribution >= 0.6 is 0 Å². The van der Waals surface area contributed by atoms with Gasteiger partial charge in [-0.05, 0) is 30.7 Å². The molecular weight excluding hydrogens is 244 g/mol. The predicted molar refractivity (Wildman–Crippen MR) is 69.8 cm³/mol. The Hall–Kier alpha value is -2.43. The molecule has 0 radical (unpaired) electrons. The molecule has 1 saturated heterocycles. The summed E-state index contributed by atoms with van der Waals surface area (Å²) in [6.45, 7) is 0.579. The van der Waals surface area contributed by atoms with Gasteiger partial charge in [0.15, 0.2) is 0 Å². The van der Waals surface area contributed by atoms with Gasteiger partial charge in [-0.1, -0.05) is 0 Å². The third kappa shape index (κ3) is 2.14. The van der Waals surface area contributed by atoms with Crippen LogP contribution in [0.4, 0.5) is 5.69 Å². The first-order valence-corrected chi connectivity index (χ1v) is 6.10. The van der Waals surface area contributed by atoms with Gasteiger partial charge < -0.3 is 9.32 Å². The van der Waals surface area contributed by atoms with Gasteiger partial charge in [-0.2, -0.15) is 0 Å². The molecule has 0 spiro atoms. The second-order valence-corrected chi connectivity index (χ2v) is 4.36.